The van der Waals surface area contributed by atoms with Crippen molar-refractivity contribution in [3.8, 4) is 0 Å². The summed E-state index contributed by atoms with van der Waals surface area (Å²) in [5, 5.41) is 0. The quantitative estimate of drug-likeness (QED) is 0.268. The van der Waals surface area contributed by atoms with Gasteiger partial charge in [0.1, 0.15) is 0 Å². The van der Waals surface area contributed by atoms with Gasteiger partial charge in [0.2, 0.25) is 0 Å². The smallest absolute Gasteiger partial charge is 0 e. The molecule has 0 rings (SSSR count). The molecule has 1 heteroatoms. The number of hydrogen-bond donors (Lipinski definition) is 0. The fraction of sp³-hybridized carbons (Fsp3) is 1.00. The summed E-state index contributed by atoms with van der Waals surface area (Å²) in [5.74, 6) is 0. The SMILES string of the molecule is CCCCCCCCCCCCCCCC.[Fe]. The van der Waals surface area contributed by atoms with Crippen LogP contribution in [0.15, 0.2) is 0 Å². The van der Waals surface area contributed by atoms with Crippen molar-refractivity contribution in [2.45, 2.75) is 104 Å². The molecular weight excluding hydrogens is 248 g/mol. The third-order valence-electron chi connectivity index (χ3n) is 3.46. The molecule has 0 saturated carbocycles. The summed E-state index contributed by atoms with van der Waals surface area (Å²) in [6, 6.07) is 0. The Morgan fingerprint density at radius 2 is 0.529 bits per heavy atom. The molecule has 0 N–H and O–H groups in total. The molecule has 0 atom stereocenters. The minimum absolute atomic E-state index is 0. The van der Waals surface area contributed by atoms with Crippen molar-refractivity contribution in [1.29, 1.82) is 0 Å². The van der Waals surface area contributed by atoms with Gasteiger partial charge in [-0.05, 0) is 0 Å². The van der Waals surface area contributed by atoms with Crippen LogP contribution in [-0.4, -0.2) is 0 Å². The predicted molar refractivity (Wildman–Crippen MR) is 76.0 cm³/mol. The summed E-state index contributed by atoms with van der Waals surface area (Å²) in [7, 11) is 0. The van der Waals surface area contributed by atoms with E-state index in [1.165, 1.54) is 89.9 Å². The van der Waals surface area contributed by atoms with E-state index in [0.717, 1.165) is 0 Å². The molecule has 17 heavy (non-hydrogen) atoms. The molecule has 106 valence electrons. The van der Waals surface area contributed by atoms with Crippen LogP contribution in [0.3, 0.4) is 0 Å². The molecule has 0 amide bonds. The van der Waals surface area contributed by atoms with Crippen LogP contribution in [0.5, 0.6) is 0 Å². The van der Waals surface area contributed by atoms with E-state index in [0.29, 0.717) is 0 Å². The van der Waals surface area contributed by atoms with Gasteiger partial charge in [-0.1, -0.05) is 104 Å². The molecule has 0 aromatic heterocycles. The third kappa shape index (κ3) is 19.1. The van der Waals surface area contributed by atoms with Crippen molar-refractivity contribution >= 4 is 0 Å². The maximum absolute atomic E-state index is 2.29. The molecule has 0 bridgehead atoms. The van der Waals surface area contributed by atoms with Crippen LogP contribution in [0.1, 0.15) is 104 Å². The van der Waals surface area contributed by atoms with Gasteiger partial charge in [0.25, 0.3) is 0 Å². The van der Waals surface area contributed by atoms with Gasteiger partial charge in [-0.3, -0.25) is 0 Å². The minimum atomic E-state index is 0. The molecule has 0 radical (unpaired) electrons. The fourth-order valence-corrected chi connectivity index (χ4v) is 2.27. The Labute approximate surface area is 121 Å². The molecule has 0 aromatic carbocycles. The van der Waals surface area contributed by atoms with Gasteiger partial charge in [0.05, 0.1) is 0 Å². The van der Waals surface area contributed by atoms with E-state index in [1.54, 1.807) is 0 Å². The zero-order chi connectivity index (χ0) is 11.9. The minimum Gasteiger partial charge on any atom is -0.0654 e. The number of unbranched alkanes of at least 4 members (excludes halogenated alkanes) is 13. The molecule has 0 nitrogen and oxygen atoms in total. The summed E-state index contributed by atoms with van der Waals surface area (Å²) >= 11 is 0. The molecule has 0 unspecified atom stereocenters. The first-order valence-electron chi connectivity index (χ1n) is 7.91. The number of hydrogen-bond acceptors (Lipinski definition) is 0. The second-order valence-corrected chi connectivity index (χ2v) is 5.24. The van der Waals surface area contributed by atoms with Crippen LogP contribution < -0.4 is 0 Å². The van der Waals surface area contributed by atoms with Gasteiger partial charge >= 0.3 is 0 Å². The van der Waals surface area contributed by atoms with Crippen molar-refractivity contribution in [1.82, 2.24) is 0 Å². The monoisotopic (exact) mass is 282 g/mol. The predicted octanol–water partition coefficient (Wildman–Crippen LogP) is 6.49. The Hall–Kier alpha value is 0.519. The third-order valence-corrected chi connectivity index (χ3v) is 3.46. The molecular formula is C16H34Fe. The van der Waals surface area contributed by atoms with Crippen molar-refractivity contribution in [2.75, 3.05) is 0 Å². The first-order valence-corrected chi connectivity index (χ1v) is 7.91. The Kier molecular flexibility index (Phi) is 22.0. The van der Waals surface area contributed by atoms with E-state index in [4.69, 9.17) is 0 Å². The fourth-order valence-electron chi connectivity index (χ4n) is 2.27. The Balaban J connectivity index is 0. The Bertz CT molecular complexity index is 98.1. The molecule has 0 aromatic rings. The summed E-state index contributed by atoms with van der Waals surface area (Å²) in [5.41, 5.74) is 0. The topological polar surface area (TPSA) is 0 Å². The average Bonchev–Trinajstić information content (AvgIpc) is 2.31. The normalized spacial score (nSPS) is 10.2. The van der Waals surface area contributed by atoms with Crippen molar-refractivity contribution in [3.63, 3.8) is 0 Å². The molecule has 0 heterocycles. The van der Waals surface area contributed by atoms with Crippen LogP contribution in [0.2, 0.25) is 0 Å². The maximum atomic E-state index is 2.29. The van der Waals surface area contributed by atoms with Gasteiger partial charge in [0, 0.05) is 17.1 Å². The molecule has 0 aliphatic heterocycles. The van der Waals surface area contributed by atoms with E-state index >= 15 is 0 Å². The average molecular weight is 282 g/mol. The maximum Gasteiger partial charge on any atom is 0 e. The summed E-state index contributed by atoms with van der Waals surface area (Å²) in [6.45, 7) is 4.58. The van der Waals surface area contributed by atoms with Gasteiger partial charge < -0.3 is 0 Å². The van der Waals surface area contributed by atoms with Gasteiger partial charge in [-0.2, -0.15) is 0 Å². The molecule has 0 fully saturated rings. The van der Waals surface area contributed by atoms with Crippen LogP contribution in [0.4, 0.5) is 0 Å². The first kappa shape index (κ1) is 19.8. The molecule has 0 saturated heterocycles. The standard InChI is InChI=1S/C16H34.Fe/c1-3-5-7-9-11-13-15-16-14-12-10-8-6-4-2;/h3-16H2,1-2H3;. The van der Waals surface area contributed by atoms with E-state index < -0.39 is 0 Å². The Morgan fingerprint density at radius 1 is 0.353 bits per heavy atom. The second kappa shape index (κ2) is 18.9. The molecule has 0 spiro atoms. The van der Waals surface area contributed by atoms with Gasteiger partial charge in [-0.25, -0.2) is 0 Å². The van der Waals surface area contributed by atoms with Crippen LogP contribution in [-0.2, 0) is 17.1 Å². The zero-order valence-corrected chi connectivity index (χ0v) is 13.4. The zero-order valence-electron chi connectivity index (χ0n) is 12.3. The summed E-state index contributed by atoms with van der Waals surface area (Å²) < 4.78 is 0. The largest absolute Gasteiger partial charge is 0.0654 e. The van der Waals surface area contributed by atoms with Crippen LogP contribution >= 0.6 is 0 Å². The van der Waals surface area contributed by atoms with Crippen molar-refractivity contribution in [3.05, 3.63) is 0 Å². The first-order chi connectivity index (χ1) is 7.91. The van der Waals surface area contributed by atoms with E-state index in [2.05, 4.69) is 13.8 Å². The molecule has 0 aliphatic carbocycles. The van der Waals surface area contributed by atoms with E-state index in [9.17, 15) is 0 Å². The van der Waals surface area contributed by atoms with Gasteiger partial charge in [-0.15, -0.1) is 0 Å². The van der Waals surface area contributed by atoms with Crippen molar-refractivity contribution < 1.29 is 17.1 Å². The van der Waals surface area contributed by atoms with E-state index in [1.807, 2.05) is 0 Å². The second-order valence-electron chi connectivity index (χ2n) is 5.24. The molecule has 0 aliphatic rings. The van der Waals surface area contributed by atoms with Gasteiger partial charge in [0.15, 0.2) is 0 Å². The van der Waals surface area contributed by atoms with Crippen molar-refractivity contribution in [2.24, 2.45) is 0 Å². The van der Waals surface area contributed by atoms with E-state index in [-0.39, 0.29) is 17.1 Å². The number of rotatable bonds is 13. The summed E-state index contributed by atoms with van der Waals surface area (Å²) in [6.07, 6.45) is 20.4. The Morgan fingerprint density at radius 3 is 0.706 bits per heavy atom. The van der Waals surface area contributed by atoms with Crippen LogP contribution in [0, 0.1) is 0 Å². The summed E-state index contributed by atoms with van der Waals surface area (Å²) in [4.78, 5) is 0. The van der Waals surface area contributed by atoms with Crippen LogP contribution in [0.25, 0.3) is 0 Å².